The second kappa shape index (κ2) is 6.78. The fraction of sp³-hybridized carbons (Fsp3) is 0.529. The smallest absolute Gasteiger partial charge is 0.253 e. The molecular weight excluding hydrogens is 308 g/mol. The van der Waals surface area contributed by atoms with Gasteiger partial charge in [0.2, 0.25) is 0 Å². The summed E-state index contributed by atoms with van der Waals surface area (Å²) in [6.07, 6.45) is 1.64. The Morgan fingerprint density at radius 2 is 1.92 bits per heavy atom. The molecule has 0 bridgehead atoms. The third-order valence-corrected chi connectivity index (χ3v) is 4.67. The molecule has 0 saturated carbocycles. The van der Waals surface area contributed by atoms with Gasteiger partial charge in [0.25, 0.3) is 10.9 Å². The predicted octanol–water partition coefficient (Wildman–Crippen LogP) is 0.342. The van der Waals surface area contributed by atoms with Crippen molar-refractivity contribution in [2.75, 3.05) is 64.1 Å². The lowest BCUT2D eigenvalue weighted by Crippen LogP contribution is -2.50. The molecule has 1 saturated heterocycles. The van der Waals surface area contributed by atoms with Gasteiger partial charge >= 0.3 is 0 Å². The fourth-order valence-electron chi connectivity index (χ4n) is 3.09. The third kappa shape index (κ3) is 3.09. The predicted molar refractivity (Wildman–Crippen MR) is 94.7 cm³/mol. The topological polar surface area (TPSA) is 69.0 Å². The minimum atomic E-state index is -0.416. The number of rotatable bonds is 6. The van der Waals surface area contributed by atoms with E-state index in [0.717, 1.165) is 31.9 Å². The monoisotopic (exact) mass is 332 g/mol. The van der Waals surface area contributed by atoms with E-state index in [-0.39, 0.29) is 11.5 Å². The molecule has 1 atom stereocenters. The van der Waals surface area contributed by atoms with Crippen LogP contribution in [0, 0.1) is 0 Å². The highest BCUT2D eigenvalue weighted by atomic mass is 16.3. The summed E-state index contributed by atoms with van der Waals surface area (Å²) in [5.41, 5.74) is 0.204. The number of furan rings is 1. The van der Waals surface area contributed by atoms with E-state index in [2.05, 4.69) is 17.3 Å². The van der Waals surface area contributed by atoms with Gasteiger partial charge in [-0.2, -0.15) is 0 Å². The zero-order chi connectivity index (χ0) is 17.3. The molecule has 0 spiro atoms. The zero-order valence-electron chi connectivity index (χ0n) is 14.4. The molecule has 1 unspecified atom stereocenters. The van der Waals surface area contributed by atoms with Crippen LogP contribution in [0.5, 0.6) is 0 Å². The van der Waals surface area contributed by atoms with Crippen molar-refractivity contribution in [1.29, 1.82) is 0 Å². The number of piperazine rings is 1. The van der Waals surface area contributed by atoms with Gasteiger partial charge in [-0.15, -0.1) is 0 Å². The van der Waals surface area contributed by atoms with Crippen LogP contribution in [-0.4, -0.2) is 63.7 Å². The van der Waals surface area contributed by atoms with E-state index in [1.165, 1.54) is 0 Å². The van der Waals surface area contributed by atoms with Crippen LogP contribution in [0.1, 0.15) is 11.8 Å². The summed E-state index contributed by atoms with van der Waals surface area (Å²) in [5, 5.41) is 3.18. The molecular formula is C17H24N4O3. The van der Waals surface area contributed by atoms with Crippen molar-refractivity contribution in [2.24, 2.45) is 0 Å². The minimum absolute atomic E-state index is 0.00950. The second-order valence-corrected chi connectivity index (χ2v) is 6.55. The standard InChI is InChI=1S/C17H24N4O3/c1-19(2)12(13-5-4-10-24-13)11-18-14-15(17(23)16(14)22)21-8-6-20(3)7-9-21/h4-5,10,12,18H,6-9,11H2,1-3H3. The van der Waals surface area contributed by atoms with Crippen molar-refractivity contribution in [3.63, 3.8) is 0 Å². The Kier molecular flexibility index (Phi) is 4.73. The summed E-state index contributed by atoms with van der Waals surface area (Å²) in [4.78, 5) is 30.3. The summed E-state index contributed by atoms with van der Waals surface area (Å²) >= 11 is 0. The maximum absolute atomic E-state index is 12.0. The normalized spacial score (nSPS) is 17.6. The van der Waals surface area contributed by atoms with Gasteiger partial charge in [0.05, 0.1) is 12.3 Å². The Hall–Kier alpha value is -2.12. The molecule has 1 aromatic heterocycles. The highest BCUT2D eigenvalue weighted by Crippen LogP contribution is 2.24. The van der Waals surface area contributed by atoms with Crippen LogP contribution < -0.4 is 21.1 Å². The number of likely N-dealkylation sites (N-methyl/N-ethyl adjacent to an activating group) is 2. The number of hydrogen-bond donors (Lipinski definition) is 1. The molecule has 1 fully saturated rings. The fourth-order valence-corrected chi connectivity index (χ4v) is 3.09. The molecule has 7 nitrogen and oxygen atoms in total. The van der Waals surface area contributed by atoms with Gasteiger partial charge in [-0.3, -0.25) is 14.5 Å². The van der Waals surface area contributed by atoms with Gasteiger partial charge < -0.3 is 19.5 Å². The molecule has 0 radical (unpaired) electrons. The summed E-state index contributed by atoms with van der Waals surface area (Å²) in [7, 11) is 5.97. The summed E-state index contributed by atoms with van der Waals surface area (Å²) in [5.74, 6) is 0.826. The van der Waals surface area contributed by atoms with Gasteiger partial charge in [-0.25, -0.2) is 0 Å². The van der Waals surface area contributed by atoms with Crippen LogP contribution >= 0.6 is 0 Å². The molecule has 7 heteroatoms. The van der Waals surface area contributed by atoms with Crippen molar-refractivity contribution >= 4 is 11.4 Å². The molecule has 0 amide bonds. The maximum atomic E-state index is 12.0. The number of anilines is 2. The molecule has 1 aromatic carbocycles. The first-order valence-corrected chi connectivity index (χ1v) is 8.19. The molecule has 130 valence electrons. The Bertz CT molecular complexity index is 738. The summed E-state index contributed by atoms with van der Waals surface area (Å²) in [6.45, 7) is 3.83. The summed E-state index contributed by atoms with van der Waals surface area (Å²) in [6, 6.07) is 3.75. The van der Waals surface area contributed by atoms with E-state index in [0.29, 0.717) is 17.9 Å². The Morgan fingerprint density at radius 1 is 1.21 bits per heavy atom. The molecule has 0 aliphatic carbocycles. The average Bonchev–Trinajstić information content (AvgIpc) is 3.09. The number of nitrogens with zero attached hydrogens (tertiary/aromatic N) is 3. The molecule has 1 aliphatic rings. The van der Waals surface area contributed by atoms with Gasteiger partial charge in [0.1, 0.15) is 17.1 Å². The van der Waals surface area contributed by atoms with Crippen LogP contribution in [0.25, 0.3) is 0 Å². The van der Waals surface area contributed by atoms with Gasteiger partial charge in [0.15, 0.2) is 0 Å². The van der Waals surface area contributed by atoms with Crippen molar-refractivity contribution in [2.45, 2.75) is 6.04 Å². The van der Waals surface area contributed by atoms with Crippen LogP contribution in [0.2, 0.25) is 0 Å². The van der Waals surface area contributed by atoms with Crippen LogP contribution in [0.3, 0.4) is 0 Å². The van der Waals surface area contributed by atoms with Crippen molar-refractivity contribution in [1.82, 2.24) is 9.80 Å². The highest BCUT2D eigenvalue weighted by molar-refractivity contribution is 5.75. The van der Waals surface area contributed by atoms with E-state index in [1.54, 1.807) is 6.26 Å². The first-order chi connectivity index (χ1) is 11.5. The van der Waals surface area contributed by atoms with Crippen molar-refractivity contribution in [3.8, 4) is 0 Å². The van der Waals surface area contributed by atoms with Crippen LogP contribution in [0.15, 0.2) is 32.4 Å². The molecule has 24 heavy (non-hydrogen) atoms. The van der Waals surface area contributed by atoms with E-state index in [1.807, 2.05) is 36.0 Å². The number of nitrogens with one attached hydrogen (secondary N) is 1. The van der Waals surface area contributed by atoms with Gasteiger partial charge in [-0.1, -0.05) is 0 Å². The van der Waals surface area contributed by atoms with Crippen molar-refractivity contribution in [3.05, 3.63) is 44.6 Å². The quantitative estimate of drug-likeness (QED) is 0.765. The zero-order valence-corrected chi connectivity index (χ0v) is 14.4. The highest BCUT2D eigenvalue weighted by Gasteiger charge is 2.28. The van der Waals surface area contributed by atoms with Crippen LogP contribution in [0.4, 0.5) is 11.4 Å². The van der Waals surface area contributed by atoms with Crippen molar-refractivity contribution < 1.29 is 4.42 Å². The molecule has 2 heterocycles. The molecule has 1 aliphatic heterocycles. The van der Waals surface area contributed by atoms with E-state index >= 15 is 0 Å². The third-order valence-electron chi connectivity index (χ3n) is 4.67. The SMILES string of the molecule is CN1CCN(c2c(NCC(c3ccco3)N(C)C)c(=O)c2=O)CC1. The van der Waals surface area contributed by atoms with E-state index in [4.69, 9.17) is 4.42 Å². The lowest BCUT2D eigenvalue weighted by atomic mass is 10.1. The maximum Gasteiger partial charge on any atom is 0.253 e. The largest absolute Gasteiger partial charge is 0.468 e. The van der Waals surface area contributed by atoms with E-state index < -0.39 is 5.43 Å². The first-order valence-electron chi connectivity index (χ1n) is 8.19. The molecule has 2 aromatic rings. The Labute approximate surface area is 141 Å². The minimum Gasteiger partial charge on any atom is -0.468 e. The lowest BCUT2D eigenvalue weighted by molar-refractivity contribution is 0.269. The lowest BCUT2D eigenvalue weighted by Gasteiger charge is -2.35. The Morgan fingerprint density at radius 3 is 2.50 bits per heavy atom. The average molecular weight is 332 g/mol. The summed E-state index contributed by atoms with van der Waals surface area (Å²) < 4.78 is 5.48. The second-order valence-electron chi connectivity index (χ2n) is 6.55. The van der Waals surface area contributed by atoms with Gasteiger partial charge in [0, 0.05) is 32.7 Å². The van der Waals surface area contributed by atoms with Gasteiger partial charge in [-0.05, 0) is 33.3 Å². The molecule has 3 rings (SSSR count). The molecule has 1 N–H and O–H groups in total. The Balaban J connectivity index is 1.73. The van der Waals surface area contributed by atoms with E-state index in [9.17, 15) is 9.59 Å². The number of hydrogen-bond acceptors (Lipinski definition) is 7. The first kappa shape index (κ1) is 16.7. The van der Waals surface area contributed by atoms with Crippen LogP contribution in [-0.2, 0) is 0 Å².